The minimum Gasteiger partial charge on any atom is -0.496 e. The summed E-state index contributed by atoms with van der Waals surface area (Å²) in [6, 6.07) is 7.20. The fourth-order valence-electron chi connectivity index (χ4n) is 1.16. The smallest absolute Gasteiger partial charge is 0.276 e. The molecule has 0 amide bonds. The van der Waals surface area contributed by atoms with Crippen molar-refractivity contribution >= 4 is 10.2 Å². The average Bonchev–Trinajstić information content (AvgIpc) is 2.17. The predicted octanol–water partition coefficient (Wildman–Crippen LogP) is 0.331. The van der Waals surface area contributed by atoms with Crippen LogP contribution in [0.5, 0.6) is 5.75 Å². The molecule has 0 aliphatic heterocycles. The van der Waals surface area contributed by atoms with Crippen molar-refractivity contribution in [3.8, 4) is 5.75 Å². The molecule has 5 nitrogen and oxygen atoms in total. The molecule has 1 rings (SSSR count). The van der Waals surface area contributed by atoms with Crippen LogP contribution in [0.4, 0.5) is 0 Å². The summed E-state index contributed by atoms with van der Waals surface area (Å²) in [6.07, 6.45) is 0. The van der Waals surface area contributed by atoms with Crippen molar-refractivity contribution in [3.63, 3.8) is 0 Å². The Hall–Kier alpha value is -1.11. The molecule has 84 valence electrons. The van der Waals surface area contributed by atoms with E-state index in [0.717, 1.165) is 9.87 Å². The maximum Gasteiger partial charge on any atom is 0.276 e. The number of nitrogens with zero attached hydrogens (tertiary/aromatic N) is 1. The Morgan fingerprint density at radius 2 is 2.00 bits per heavy atom. The Morgan fingerprint density at radius 1 is 1.40 bits per heavy atom. The fraction of sp³-hybridized carbons (Fsp3) is 0.333. The van der Waals surface area contributed by atoms with Gasteiger partial charge in [-0.05, 0) is 6.07 Å². The Labute approximate surface area is 89.6 Å². The number of nitrogens with two attached hydrogens (primary N) is 1. The zero-order valence-electron chi connectivity index (χ0n) is 8.67. The Bertz CT molecular complexity index is 431. The molecular weight excluding hydrogens is 216 g/mol. The van der Waals surface area contributed by atoms with E-state index >= 15 is 0 Å². The van der Waals surface area contributed by atoms with Gasteiger partial charge in [0.05, 0.1) is 7.11 Å². The van der Waals surface area contributed by atoms with Crippen LogP contribution in [0.15, 0.2) is 24.3 Å². The third-order valence-corrected chi connectivity index (χ3v) is 3.02. The van der Waals surface area contributed by atoms with Crippen molar-refractivity contribution in [2.75, 3.05) is 14.2 Å². The van der Waals surface area contributed by atoms with Crippen LogP contribution in [-0.2, 0) is 16.8 Å². The highest BCUT2D eigenvalue weighted by Crippen LogP contribution is 2.18. The highest BCUT2D eigenvalue weighted by Gasteiger charge is 2.13. The molecular formula is C9H14N2O3S. The monoisotopic (exact) mass is 230 g/mol. The highest BCUT2D eigenvalue weighted by molar-refractivity contribution is 7.86. The second kappa shape index (κ2) is 4.61. The van der Waals surface area contributed by atoms with Crippen molar-refractivity contribution in [1.82, 2.24) is 4.31 Å². The summed E-state index contributed by atoms with van der Waals surface area (Å²) in [5, 5.41) is 4.98. The van der Waals surface area contributed by atoms with Crippen LogP contribution in [0.2, 0.25) is 0 Å². The number of ether oxygens (including phenoxy) is 1. The molecule has 2 N–H and O–H groups in total. The van der Waals surface area contributed by atoms with Crippen LogP contribution in [-0.4, -0.2) is 26.9 Å². The molecule has 0 saturated carbocycles. The quantitative estimate of drug-likeness (QED) is 0.810. The maximum atomic E-state index is 11.0. The van der Waals surface area contributed by atoms with Gasteiger partial charge in [-0.15, -0.1) is 0 Å². The summed E-state index contributed by atoms with van der Waals surface area (Å²) >= 11 is 0. The minimum atomic E-state index is -3.65. The van der Waals surface area contributed by atoms with Gasteiger partial charge < -0.3 is 4.74 Å². The van der Waals surface area contributed by atoms with Crippen LogP contribution in [0, 0.1) is 0 Å². The number of rotatable bonds is 4. The molecule has 15 heavy (non-hydrogen) atoms. The number of methoxy groups -OCH3 is 1. The fourth-order valence-corrected chi connectivity index (χ4v) is 1.48. The standard InChI is InChI=1S/C9H14N2O3S/c1-11(15(10,12)13)7-8-5-3-4-6-9(8)14-2/h3-6H,7H2,1-2H3,(H2,10,12,13). The van der Waals surface area contributed by atoms with Crippen LogP contribution < -0.4 is 9.88 Å². The van der Waals surface area contributed by atoms with Gasteiger partial charge in [-0.25, -0.2) is 5.14 Å². The van der Waals surface area contributed by atoms with Crippen LogP contribution in [0.25, 0.3) is 0 Å². The van der Waals surface area contributed by atoms with Gasteiger partial charge in [0, 0.05) is 19.2 Å². The molecule has 0 aromatic heterocycles. The van der Waals surface area contributed by atoms with Gasteiger partial charge >= 0.3 is 0 Å². The van der Waals surface area contributed by atoms with Crippen molar-refractivity contribution < 1.29 is 13.2 Å². The lowest BCUT2D eigenvalue weighted by molar-refractivity contribution is 0.398. The van der Waals surface area contributed by atoms with E-state index in [0.29, 0.717) is 5.75 Å². The number of benzene rings is 1. The van der Waals surface area contributed by atoms with Gasteiger partial charge in [-0.3, -0.25) is 0 Å². The lowest BCUT2D eigenvalue weighted by Crippen LogP contribution is -2.32. The van der Waals surface area contributed by atoms with Gasteiger partial charge in [-0.2, -0.15) is 12.7 Å². The van der Waals surface area contributed by atoms with Crippen LogP contribution >= 0.6 is 0 Å². The third kappa shape index (κ3) is 3.19. The molecule has 1 aromatic carbocycles. The highest BCUT2D eigenvalue weighted by atomic mass is 32.2. The first-order valence-corrected chi connectivity index (χ1v) is 5.81. The first kappa shape index (κ1) is 12.0. The summed E-state index contributed by atoms with van der Waals surface area (Å²) in [5.74, 6) is 0.646. The van der Waals surface area contributed by atoms with E-state index in [1.165, 1.54) is 14.2 Å². The largest absolute Gasteiger partial charge is 0.496 e. The average molecular weight is 230 g/mol. The summed E-state index contributed by atoms with van der Waals surface area (Å²) < 4.78 is 28.2. The minimum absolute atomic E-state index is 0.197. The van der Waals surface area contributed by atoms with E-state index in [1.807, 2.05) is 12.1 Å². The molecule has 0 fully saturated rings. The molecule has 0 atom stereocenters. The van der Waals surface area contributed by atoms with Crippen LogP contribution in [0.1, 0.15) is 5.56 Å². The third-order valence-electron chi connectivity index (χ3n) is 2.02. The van der Waals surface area contributed by atoms with Gasteiger partial charge in [0.25, 0.3) is 10.2 Å². The van der Waals surface area contributed by atoms with E-state index in [9.17, 15) is 8.42 Å². The summed E-state index contributed by atoms with van der Waals surface area (Å²) in [4.78, 5) is 0. The topological polar surface area (TPSA) is 72.6 Å². The van der Waals surface area contributed by atoms with Crippen molar-refractivity contribution in [2.24, 2.45) is 5.14 Å². The number of hydrogen-bond acceptors (Lipinski definition) is 3. The second-order valence-corrected chi connectivity index (χ2v) is 4.77. The number of hydrogen-bond donors (Lipinski definition) is 1. The summed E-state index contributed by atoms with van der Waals surface area (Å²) in [6.45, 7) is 0.197. The molecule has 0 aliphatic rings. The van der Waals surface area contributed by atoms with Gasteiger partial charge in [0.15, 0.2) is 0 Å². The molecule has 0 spiro atoms. The maximum absolute atomic E-state index is 11.0. The van der Waals surface area contributed by atoms with Crippen molar-refractivity contribution in [1.29, 1.82) is 0 Å². The van der Waals surface area contributed by atoms with Crippen LogP contribution in [0.3, 0.4) is 0 Å². The van der Waals surface area contributed by atoms with Gasteiger partial charge in [-0.1, -0.05) is 18.2 Å². The normalized spacial score (nSPS) is 11.7. The molecule has 0 unspecified atom stereocenters. The van der Waals surface area contributed by atoms with E-state index in [2.05, 4.69) is 0 Å². The zero-order valence-corrected chi connectivity index (χ0v) is 9.49. The molecule has 0 aliphatic carbocycles. The lowest BCUT2D eigenvalue weighted by Gasteiger charge is -2.15. The predicted molar refractivity (Wildman–Crippen MR) is 57.6 cm³/mol. The van der Waals surface area contributed by atoms with E-state index in [4.69, 9.17) is 9.88 Å². The van der Waals surface area contributed by atoms with Crippen molar-refractivity contribution in [3.05, 3.63) is 29.8 Å². The lowest BCUT2D eigenvalue weighted by atomic mass is 10.2. The molecule has 1 aromatic rings. The molecule has 0 saturated heterocycles. The summed E-state index contributed by atoms with van der Waals surface area (Å²) in [7, 11) is -0.692. The first-order valence-electron chi connectivity index (χ1n) is 4.31. The Morgan fingerprint density at radius 3 is 2.53 bits per heavy atom. The molecule has 0 bridgehead atoms. The van der Waals surface area contributed by atoms with E-state index in [-0.39, 0.29) is 6.54 Å². The van der Waals surface area contributed by atoms with E-state index in [1.54, 1.807) is 12.1 Å². The SMILES string of the molecule is COc1ccccc1CN(C)S(N)(=O)=O. The first-order chi connectivity index (χ1) is 6.95. The molecule has 0 radical (unpaired) electrons. The van der Waals surface area contributed by atoms with Crippen molar-refractivity contribution in [2.45, 2.75) is 6.54 Å². The van der Waals surface area contributed by atoms with Gasteiger partial charge in [0.2, 0.25) is 0 Å². The number of para-hydroxylation sites is 1. The Balaban J connectivity index is 2.90. The zero-order chi connectivity index (χ0) is 11.5. The molecule has 6 heteroatoms. The molecule has 0 heterocycles. The Kier molecular flexibility index (Phi) is 3.67. The summed E-state index contributed by atoms with van der Waals surface area (Å²) in [5.41, 5.74) is 0.775. The second-order valence-electron chi connectivity index (χ2n) is 3.11. The van der Waals surface area contributed by atoms with Gasteiger partial charge in [0.1, 0.15) is 5.75 Å². The van der Waals surface area contributed by atoms with E-state index < -0.39 is 10.2 Å².